The first-order valence-corrected chi connectivity index (χ1v) is 7.93. The molecule has 0 saturated heterocycles. The highest BCUT2D eigenvalue weighted by Gasteiger charge is 2.38. The zero-order valence-electron chi connectivity index (χ0n) is 12.0. The predicted molar refractivity (Wildman–Crippen MR) is 76.5 cm³/mol. The molecule has 23 heavy (non-hydrogen) atoms. The number of nitrogens with zero attached hydrogens (tertiary/aromatic N) is 1. The molecule has 2 aromatic carbocycles. The van der Waals surface area contributed by atoms with Crippen molar-refractivity contribution in [3.63, 3.8) is 0 Å². The Morgan fingerprint density at radius 2 is 1.70 bits per heavy atom. The minimum atomic E-state index is -4.79. The summed E-state index contributed by atoms with van der Waals surface area (Å²) in [5.41, 5.74) is -0.897. The molecule has 0 aromatic heterocycles. The lowest BCUT2D eigenvalue weighted by molar-refractivity contribution is -0.139. The first kappa shape index (κ1) is 17.4. The molecule has 0 radical (unpaired) electrons. The molecular weight excluding hydrogens is 334 g/mol. The maximum Gasteiger partial charge on any atom is 0.417 e. The summed E-state index contributed by atoms with van der Waals surface area (Å²) in [5.74, 6) is -0.552. The summed E-state index contributed by atoms with van der Waals surface area (Å²) in [6, 6.07) is 9.16. The molecule has 0 amide bonds. The maximum atomic E-state index is 13.1. The molecule has 0 N–H and O–H groups in total. The Kier molecular flexibility index (Phi) is 4.76. The Morgan fingerprint density at radius 1 is 1.04 bits per heavy atom. The van der Waals surface area contributed by atoms with Gasteiger partial charge in [-0.3, -0.25) is 0 Å². The van der Waals surface area contributed by atoms with Gasteiger partial charge in [0, 0.05) is 13.6 Å². The molecule has 0 aliphatic heterocycles. The summed E-state index contributed by atoms with van der Waals surface area (Å²) in [4.78, 5) is -0.827. The molecule has 2 rings (SSSR count). The van der Waals surface area contributed by atoms with E-state index in [1.807, 2.05) is 0 Å². The monoisotopic (exact) mass is 347 g/mol. The van der Waals surface area contributed by atoms with Gasteiger partial charge >= 0.3 is 6.18 Å². The molecule has 0 fully saturated rings. The molecule has 0 spiro atoms. The van der Waals surface area contributed by atoms with E-state index in [0.29, 0.717) is 11.6 Å². The minimum absolute atomic E-state index is 0.244. The Morgan fingerprint density at radius 3 is 2.30 bits per heavy atom. The second kappa shape index (κ2) is 6.29. The number of hydrogen-bond donors (Lipinski definition) is 0. The predicted octanol–water partition coefficient (Wildman–Crippen LogP) is 3.67. The number of sulfonamides is 1. The van der Waals surface area contributed by atoms with Crippen LogP contribution in [0.25, 0.3) is 0 Å². The second-order valence-corrected chi connectivity index (χ2v) is 6.90. The van der Waals surface area contributed by atoms with Gasteiger partial charge in [-0.05, 0) is 29.8 Å². The third-order valence-electron chi connectivity index (χ3n) is 3.17. The third kappa shape index (κ3) is 3.89. The minimum Gasteiger partial charge on any atom is -0.207 e. The molecule has 0 unspecified atom stereocenters. The van der Waals surface area contributed by atoms with Crippen LogP contribution >= 0.6 is 0 Å². The highest BCUT2D eigenvalue weighted by molar-refractivity contribution is 7.89. The van der Waals surface area contributed by atoms with Crippen molar-refractivity contribution in [3.05, 3.63) is 65.5 Å². The van der Waals surface area contributed by atoms with Gasteiger partial charge < -0.3 is 0 Å². The summed E-state index contributed by atoms with van der Waals surface area (Å²) in [7, 11) is -3.23. The van der Waals surface area contributed by atoms with Crippen molar-refractivity contribution < 1.29 is 26.0 Å². The highest BCUT2D eigenvalue weighted by atomic mass is 32.2. The van der Waals surface area contributed by atoms with Crippen molar-refractivity contribution in [1.82, 2.24) is 4.31 Å². The smallest absolute Gasteiger partial charge is 0.207 e. The van der Waals surface area contributed by atoms with Crippen LogP contribution in [-0.2, 0) is 22.7 Å². The SMILES string of the molecule is CN(Cc1cccc(F)c1)S(=O)(=O)c1ccccc1C(F)(F)F. The molecule has 124 valence electrons. The van der Waals surface area contributed by atoms with Gasteiger partial charge in [0.25, 0.3) is 0 Å². The van der Waals surface area contributed by atoms with E-state index in [1.165, 1.54) is 24.3 Å². The molecular formula is C15H13F4NO2S. The second-order valence-electron chi connectivity index (χ2n) is 4.88. The molecule has 0 aliphatic carbocycles. The lowest BCUT2D eigenvalue weighted by Crippen LogP contribution is -2.28. The summed E-state index contributed by atoms with van der Waals surface area (Å²) in [6.07, 6.45) is -4.79. The summed E-state index contributed by atoms with van der Waals surface area (Å²) in [6.45, 7) is -0.244. The summed E-state index contributed by atoms with van der Waals surface area (Å²) in [5, 5.41) is 0. The number of hydrogen-bond acceptors (Lipinski definition) is 2. The van der Waals surface area contributed by atoms with E-state index < -0.39 is 32.5 Å². The van der Waals surface area contributed by atoms with Crippen LogP contribution in [0.5, 0.6) is 0 Å². The fourth-order valence-electron chi connectivity index (χ4n) is 2.07. The molecule has 0 heterocycles. The van der Waals surface area contributed by atoms with Crippen LogP contribution in [0.4, 0.5) is 17.6 Å². The van der Waals surface area contributed by atoms with E-state index in [0.717, 1.165) is 29.6 Å². The number of halogens is 4. The number of alkyl halides is 3. The van der Waals surface area contributed by atoms with Gasteiger partial charge in [-0.25, -0.2) is 12.8 Å². The quantitative estimate of drug-likeness (QED) is 0.792. The Hall–Kier alpha value is -1.93. The average Bonchev–Trinajstić information content (AvgIpc) is 2.46. The molecule has 0 atom stereocenters. The summed E-state index contributed by atoms with van der Waals surface area (Å²) >= 11 is 0. The lowest BCUT2D eigenvalue weighted by atomic mass is 10.2. The lowest BCUT2D eigenvalue weighted by Gasteiger charge is -2.20. The van der Waals surface area contributed by atoms with Crippen LogP contribution in [-0.4, -0.2) is 19.8 Å². The van der Waals surface area contributed by atoms with Crippen LogP contribution in [0.1, 0.15) is 11.1 Å². The van der Waals surface area contributed by atoms with E-state index in [4.69, 9.17) is 0 Å². The molecule has 0 bridgehead atoms. The van der Waals surface area contributed by atoms with Crippen LogP contribution in [0.2, 0.25) is 0 Å². The van der Waals surface area contributed by atoms with Crippen LogP contribution in [0, 0.1) is 5.82 Å². The van der Waals surface area contributed by atoms with Gasteiger partial charge in [0.2, 0.25) is 10.0 Å². The van der Waals surface area contributed by atoms with Gasteiger partial charge in [-0.1, -0.05) is 24.3 Å². The fourth-order valence-corrected chi connectivity index (χ4v) is 3.44. The van der Waals surface area contributed by atoms with Crippen LogP contribution in [0.15, 0.2) is 53.4 Å². The van der Waals surface area contributed by atoms with Crippen molar-refractivity contribution in [2.24, 2.45) is 0 Å². The van der Waals surface area contributed by atoms with Gasteiger partial charge in [0.05, 0.1) is 10.5 Å². The largest absolute Gasteiger partial charge is 0.417 e. The van der Waals surface area contributed by atoms with Crippen LogP contribution in [0.3, 0.4) is 0 Å². The van der Waals surface area contributed by atoms with Crippen molar-refractivity contribution in [1.29, 1.82) is 0 Å². The van der Waals surface area contributed by atoms with E-state index in [1.54, 1.807) is 0 Å². The van der Waals surface area contributed by atoms with Crippen molar-refractivity contribution in [3.8, 4) is 0 Å². The van der Waals surface area contributed by atoms with Crippen molar-refractivity contribution in [2.75, 3.05) is 7.05 Å². The zero-order chi connectivity index (χ0) is 17.3. The Labute approximate surface area is 131 Å². The molecule has 2 aromatic rings. The van der Waals surface area contributed by atoms with E-state index in [9.17, 15) is 26.0 Å². The molecule has 0 aliphatic rings. The number of benzene rings is 2. The van der Waals surface area contributed by atoms with E-state index >= 15 is 0 Å². The van der Waals surface area contributed by atoms with Crippen molar-refractivity contribution >= 4 is 10.0 Å². The standard InChI is InChI=1S/C15H13F4NO2S/c1-20(10-11-5-4-6-12(16)9-11)23(21,22)14-8-3-2-7-13(14)15(17,18)19/h2-9H,10H2,1H3. The fraction of sp³-hybridized carbons (Fsp3) is 0.200. The Bertz CT molecular complexity index is 803. The summed E-state index contributed by atoms with van der Waals surface area (Å²) < 4.78 is 77.7. The molecule has 8 heteroatoms. The maximum absolute atomic E-state index is 13.1. The van der Waals surface area contributed by atoms with E-state index in [-0.39, 0.29) is 6.54 Å². The van der Waals surface area contributed by atoms with Gasteiger partial charge in [-0.2, -0.15) is 17.5 Å². The van der Waals surface area contributed by atoms with Gasteiger partial charge in [0.15, 0.2) is 0 Å². The zero-order valence-corrected chi connectivity index (χ0v) is 12.8. The first-order chi connectivity index (χ1) is 10.6. The highest BCUT2D eigenvalue weighted by Crippen LogP contribution is 2.35. The van der Waals surface area contributed by atoms with Gasteiger partial charge in [0.1, 0.15) is 5.82 Å². The first-order valence-electron chi connectivity index (χ1n) is 6.49. The molecule has 3 nitrogen and oxygen atoms in total. The van der Waals surface area contributed by atoms with E-state index in [2.05, 4.69) is 0 Å². The van der Waals surface area contributed by atoms with Gasteiger partial charge in [-0.15, -0.1) is 0 Å². The van der Waals surface area contributed by atoms with Crippen LogP contribution < -0.4 is 0 Å². The van der Waals surface area contributed by atoms with Crippen molar-refractivity contribution in [2.45, 2.75) is 17.6 Å². The third-order valence-corrected chi connectivity index (χ3v) is 5.04. The normalized spacial score (nSPS) is 12.6. The Balaban J connectivity index is 2.39. The number of rotatable bonds is 4. The topological polar surface area (TPSA) is 37.4 Å². The average molecular weight is 347 g/mol. The molecule has 0 saturated carbocycles.